The van der Waals surface area contributed by atoms with Crippen molar-refractivity contribution in [2.24, 2.45) is 0 Å². The molecule has 1 unspecified atom stereocenters. The van der Waals surface area contributed by atoms with E-state index in [9.17, 15) is 13.2 Å². The Morgan fingerprint density at radius 3 is 2.29 bits per heavy atom. The third-order valence-electron chi connectivity index (χ3n) is 5.55. The fourth-order valence-electron chi connectivity index (χ4n) is 3.85. The van der Waals surface area contributed by atoms with Crippen LogP contribution in [-0.4, -0.2) is 65.5 Å². The van der Waals surface area contributed by atoms with Gasteiger partial charge in [0.25, 0.3) is 0 Å². The van der Waals surface area contributed by atoms with Gasteiger partial charge in [0.1, 0.15) is 6.04 Å². The standard InChI is InChI=1S/C23H26N4O3S/c1-25(17-19-16-24-27(18-19)21-10-6-3-7-11-21)23(28)22(20-8-4-2-5-9-20)26-12-14-31(29,30)15-13-26/h2-11,16,18,22H,12-15,17H2,1H3. The SMILES string of the molecule is CN(Cc1cnn(-c2ccccc2)c1)C(=O)C(c1ccccc1)N1CCS(=O)(=O)CC1. The van der Waals surface area contributed by atoms with Gasteiger partial charge in [0.15, 0.2) is 9.84 Å². The van der Waals surface area contributed by atoms with Gasteiger partial charge in [0.2, 0.25) is 5.91 Å². The third kappa shape index (κ3) is 5.03. The molecule has 2 heterocycles. The zero-order valence-electron chi connectivity index (χ0n) is 17.5. The van der Waals surface area contributed by atoms with Crippen molar-refractivity contribution in [3.8, 4) is 5.69 Å². The summed E-state index contributed by atoms with van der Waals surface area (Å²) in [7, 11) is -1.25. The molecular formula is C23H26N4O3S. The highest BCUT2D eigenvalue weighted by Crippen LogP contribution is 2.25. The van der Waals surface area contributed by atoms with Crippen LogP contribution in [0.1, 0.15) is 17.2 Å². The summed E-state index contributed by atoms with van der Waals surface area (Å²) in [5.41, 5.74) is 2.76. The first-order valence-corrected chi connectivity index (χ1v) is 12.1. The van der Waals surface area contributed by atoms with E-state index in [1.54, 1.807) is 22.8 Å². The largest absolute Gasteiger partial charge is 0.340 e. The molecule has 1 saturated heterocycles. The Bertz CT molecular complexity index is 1120. The normalized spacial score (nSPS) is 17.2. The van der Waals surface area contributed by atoms with Crippen molar-refractivity contribution >= 4 is 15.7 Å². The van der Waals surface area contributed by atoms with Gasteiger partial charge in [-0.2, -0.15) is 5.10 Å². The maximum absolute atomic E-state index is 13.5. The third-order valence-corrected chi connectivity index (χ3v) is 7.16. The van der Waals surface area contributed by atoms with E-state index >= 15 is 0 Å². The average Bonchev–Trinajstić information content (AvgIpc) is 3.25. The number of carbonyl (C=O) groups is 1. The lowest BCUT2D eigenvalue weighted by Gasteiger charge is -2.35. The number of carbonyl (C=O) groups excluding carboxylic acids is 1. The summed E-state index contributed by atoms with van der Waals surface area (Å²) in [6, 6.07) is 18.9. The van der Waals surface area contributed by atoms with Crippen LogP contribution in [0.3, 0.4) is 0 Å². The Kier molecular flexibility index (Phi) is 6.20. The fraction of sp³-hybridized carbons (Fsp3) is 0.304. The zero-order chi connectivity index (χ0) is 21.8. The van der Waals surface area contributed by atoms with Crippen LogP contribution >= 0.6 is 0 Å². The Labute approximate surface area is 182 Å². The first-order chi connectivity index (χ1) is 14.9. The van der Waals surface area contributed by atoms with E-state index in [2.05, 4.69) is 5.10 Å². The second-order valence-electron chi connectivity index (χ2n) is 7.82. The van der Waals surface area contributed by atoms with Crippen molar-refractivity contribution in [2.45, 2.75) is 12.6 Å². The van der Waals surface area contributed by atoms with Crippen LogP contribution < -0.4 is 0 Å². The molecule has 4 rings (SSSR count). The molecule has 1 atom stereocenters. The molecule has 1 aromatic heterocycles. The van der Waals surface area contributed by atoms with E-state index in [-0.39, 0.29) is 17.4 Å². The van der Waals surface area contributed by atoms with Gasteiger partial charge in [-0.1, -0.05) is 48.5 Å². The summed E-state index contributed by atoms with van der Waals surface area (Å²) in [4.78, 5) is 17.2. The number of rotatable bonds is 6. The summed E-state index contributed by atoms with van der Waals surface area (Å²) in [6.07, 6.45) is 3.69. The first-order valence-electron chi connectivity index (χ1n) is 10.3. The minimum Gasteiger partial charge on any atom is -0.340 e. The number of amides is 1. The summed E-state index contributed by atoms with van der Waals surface area (Å²) in [5, 5.41) is 4.41. The Morgan fingerprint density at radius 2 is 1.65 bits per heavy atom. The summed E-state index contributed by atoms with van der Waals surface area (Å²) in [5.74, 6) is 0.104. The van der Waals surface area contributed by atoms with Crippen molar-refractivity contribution in [1.29, 1.82) is 0 Å². The maximum atomic E-state index is 13.5. The number of aromatic nitrogens is 2. The Balaban J connectivity index is 1.52. The van der Waals surface area contributed by atoms with Crippen molar-refractivity contribution in [3.05, 3.63) is 84.2 Å². The molecule has 0 spiro atoms. The van der Waals surface area contributed by atoms with E-state index < -0.39 is 15.9 Å². The van der Waals surface area contributed by atoms with Crippen LogP contribution in [0.25, 0.3) is 5.69 Å². The maximum Gasteiger partial charge on any atom is 0.244 e. The Morgan fingerprint density at radius 1 is 1.03 bits per heavy atom. The predicted molar refractivity (Wildman–Crippen MR) is 119 cm³/mol. The molecule has 1 aliphatic heterocycles. The van der Waals surface area contributed by atoms with E-state index in [4.69, 9.17) is 0 Å². The second kappa shape index (κ2) is 9.03. The molecule has 0 bridgehead atoms. The van der Waals surface area contributed by atoms with Gasteiger partial charge in [0, 0.05) is 38.4 Å². The van der Waals surface area contributed by atoms with E-state index in [0.29, 0.717) is 19.6 Å². The van der Waals surface area contributed by atoms with Crippen molar-refractivity contribution in [3.63, 3.8) is 0 Å². The molecule has 2 aromatic carbocycles. The smallest absolute Gasteiger partial charge is 0.244 e. The highest BCUT2D eigenvalue weighted by molar-refractivity contribution is 7.91. The molecule has 162 valence electrons. The van der Waals surface area contributed by atoms with Gasteiger partial charge in [-0.15, -0.1) is 0 Å². The molecule has 3 aromatic rings. The lowest BCUT2D eigenvalue weighted by molar-refractivity contribution is -0.136. The Hall–Kier alpha value is -2.97. The number of nitrogens with zero attached hydrogens (tertiary/aromatic N) is 4. The zero-order valence-corrected chi connectivity index (χ0v) is 18.3. The lowest BCUT2D eigenvalue weighted by atomic mass is 10.0. The van der Waals surface area contributed by atoms with Crippen LogP contribution in [0.4, 0.5) is 0 Å². The number of para-hydroxylation sites is 1. The number of sulfone groups is 1. The molecule has 8 heteroatoms. The van der Waals surface area contributed by atoms with Crippen LogP contribution in [-0.2, 0) is 21.2 Å². The number of hydrogen-bond acceptors (Lipinski definition) is 5. The van der Waals surface area contributed by atoms with E-state index in [0.717, 1.165) is 16.8 Å². The second-order valence-corrected chi connectivity index (χ2v) is 10.1. The molecule has 1 fully saturated rings. The van der Waals surface area contributed by atoms with Crippen molar-refractivity contribution < 1.29 is 13.2 Å². The van der Waals surface area contributed by atoms with Gasteiger partial charge in [-0.05, 0) is 17.7 Å². The topological polar surface area (TPSA) is 75.5 Å². The monoisotopic (exact) mass is 438 g/mol. The fourth-order valence-corrected chi connectivity index (χ4v) is 5.08. The van der Waals surface area contributed by atoms with Crippen molar-refractivity contribution in [1.82, 2.24) is 19.6 Å². The van der Waals surface area contributed by atoms with Crippen LogP contribution in [0.15, 0.2) is 73.1 Å². The quantitative estimate of drug-likeness (QED) is 0.590. The molecule has 7 nitrogen and oxygen atoms in total. The van der Waals surface area contributed by atoms with Gasteiger partial charge < -0.3 is 4.90 Å². The summed E-state index contributed by atoms with van der Waals surface area (Å²) < 4.78 is 25.6. The number of likely N-dealkylation sites (N-methyl/N-ethyl adjacent to an activating group) is 1. The van der Waals surface area contributed by atoms with Crippen molar-refractivity contribution in [2.75, 3.05) is 31.6 Å². The number of benzene rings is 2. The minimum atomic E-state index is -3.03. The molecule has 31 heavy (non-hydrogen) atoms. The minimum absolute atomic E-state index is 0.0574. The average molecular weight is 439 g/mol. The highest BCUT2D eigenvalue weighted by Gasteiger charge is 2.34. The molecule has 0 saturated carbocycles. The van der Waals surface area contributed by atoms with Gasteiger partial charge in [-0.25, -0.2) is 13.1 Å². The molecule has 0 radical (unpaired) electrons. The molecule has 0 N–H and O–H groups in total. The summed E-state index contributed by atoms with van der Waals surface area (Å²) in [6.45, 7) is 1.13. The molecular weight excluding hydrogens is 412 g/mol. The predicted octanol–water partition coefficient (Wildman–Crippen LogP) is 2.30. The van der Waals surface area contributed by atoms with Crippen LogP contribution in [0.5, 0.6) is 0 Å². The van der Waals surface area contributed by atoms with Gasteiger partial charge in [0.05, 0.1) is 23.4 Å². The van der Waals surface area contributed by atoms with Crippen LogP contribution in [0.2, 0.25) is 0 Å². The van der Waals surface area contributed by atoms with E-state index in [1.165, 1.54) is 0 Å². The molecule has 1 amide bonds. The summed E-state index contributed by atoms with van der Waals surface area (Å²) >= 11 is 0. The first kappa shape index (κ1) is 21.3. The highest BCUT2D eigenvalue weighted by atomic mass is 32.2. The van der Waals surface area contributed by atoms with Crippen LogP contribution in [0, 0.1) is 0 Å². The molecule has 1 aliphatic rings. The van der Waals surface area contributed by atoms with E-state index in [1.807, 2.05) is 71.8 Å². The molecule has 0 aliphatic carbocycles. The lowest BCUT2D eigenvalue weighted by Crippen LogP contribution is -2.47. The van der Waals surface area contributed by atoms with Gasteiger partial charge in [-0.3, -0.25) is 9.69 Å². The van der Waals surface area contributed by atoms with Gasteiger partial charge >= 0.3 is 0 Å². The number of hydrogen-bond donors (Lipinski definition) is 0.